The zero-order chi connectivity index (χ0) is 16.7. The van der Waals surface area contributed by atoms with Gasteiger partial charge in [-0.2, -0.15) is 0 Å². The van der Waals surface area contributed by atoms with Crippen LogP contribution in [0.15, 0.2) is 48.8 Å². The van der Waals surface area contributed by atoms with Gasteiger partial charge in [0, 0.05) is 24.7 Å². The summed E-state index contributed by atoms with van der Waals surface area (Å²) in [4.78, 5) is 18.4. The Morgan fingerprint density at radius 3 is 2.39 bits per heavy atom. The molecule has 23 heavy (non-hydrogen) atoms. The number of carbonyl (C=O) groups is 1. The fourth-order valence-corrected chi connectivity index (χ4v) is 2.27. The summed E-state index contributed by atoms with van der Waals surface area (Å²) >= 11 is 0. The van der Waals surface area contributed by atoms with Crippen LogP contribution in [0.1, 0.15) is 19.4 Å². The number of pyridine rings is 1. The fourth-order valence-electron chi connectivity index (χ4n) is 2.27. The SMILES string of the molecule is CCO[C@@H](C)C(=O)N(Cc1ccc(OC)cc1)c1ccncc1. The summed E-state index contributed by atoms with van der Waals surface area (Å²) in [5.74, 6) is 0.715. The molecule has 1 heterocycles. The van der Waals surface area contributed by atoms with Crippen molar-refractivity contribution in [1.29, 1.82) is 0 Å². The summed E-state index contributed by atoms with van der Waals surface area (Å²) in [6.45, 7) is 4.61. The van der Waals surface area contributed by atoms with Gasteiger partial charge in [-0.25, -0.2) is 0 Å². The van der Waals surface area contributed by atoms with Crippen LogP contribution in [0.4, 0.5) is 5.69 Å². The second kappa shape index (κ2) is 8.29. The lowest BCUT2D eigenvalue weighted by atomic mass is 10.1. The Labute approximate surface area is 136 Å². The van der Waals surface area contributed by atoms with Gasteiger partial charge >= 0.3 is 0 Å². The summed E-state index contributed by atoms with van der Waals surface area (Å²) in [5, 5.41) is 0. The van der Waals surface area contributed by atoms with Crippen LogP contribution >= 0.6 is 0 Å². The van der Waals surface area contributed by atoms with E-state index >= 15 is 0 Å². The minimum absolute atomic E-state index is 0.0751. The van der Waals surface area contributed by atoms with Crippen molar-refractivity contribution in [3.8, 4) is 5.75 Å². The molecule has 5 heteroatoms. The molecule has 5 nitrogen and oxygen atoms in total. The highest BCUT2D eigenvalue weighted by molar-refractivity contribution is 5.96. The zero-order valence-corrected chi connectivity index (χ0v) is 13.7. The van der Waals surface area contributed by atoms with Crippen LogP contribution in [0.5, 0.6) is 5.75 Å². The quantitative estimate of drug-likeness (QED) is 0.788. The summed E-state index contributed by atoms with van der Waals surface area (Å²) in [6, 6.07) is 11.3. The standard InChI is InChI=1S/C18H22N2O3/c1-4-23-14(2)18(21)20(16-9-11-19-12-10-16)13-15-5-7-17(22-3)8-6-15/h5-12,14H,4,13H2,1-3H3/t14-/m0/s1. The highest BCUT2D eigenvalue weighted by Gasteiger charge is 2.22. The van der Waals surface area contributed by atoms with Crippen molar-refractivity contribution in [1.82, 2.24) is 4.98 Å². The maximum Gasteiger partial charge on any atom is 0.256 e. The van der Waals surface area contributed by atoms with Crippen LogP contribution in [-0.4, -0.2) is 30.7 Å². The van der Waals surface area contributed by atoms with E-state index in [1.807, 2.05) is 43.3 Å². The van der Waals surface area contributed by atoms with Crippen molar-refractivity contribution in [3.05, 3.63) is 54.4 Å². The van der Waals surface area contributed by atoms with Crippen molar-refractivity contribution in [2.24, 2.45) is 0 Å². The van der Waals surface area contributed by atoms with Crippen molar-refractivity contribution in [3.63, 3.8) is 0 Å². The lowest BCUT2D eigenvalue weighted by Gasteiger charge is -2.26. The highest BCUT2D eigenvalue weighted by Crippen LogP contribution is 2.20. The van der Waals surface area contributed by atoms with Gasteiger partial charge in [0.15, 0.2) is 0 Å². The first-order valence-electron chi connectivity index (χ1n) is 7.61. The lowest BCUT2D eigenvalue weighted by Crippen LogP contribution is -2.38. The number of methoxy groups -OCH3 is 1. The molecule has 0 saturated heterocycles. The number of aromatic nitrogens is 1. The van der Waals surface area contributed by atoms with Gasteiger partial charge in [-0.3, -0.25) is 9.78 Å². The van der Waals surface area contributed by atoms with Crippen LogP contribution in [0.2, 0.25) is 0 Å². The van der Waals surface area contributed by atoms with E-state index in [9.17, 15) is 4.79 Å². The maximum atomic E-state index is 12.7. The molecular formula is C18H22N2O3. The van der Waals surface area contributed by atoms with E-state index in [4.69, 9.17) is 9.47 Å². The Morgan fingerprint density at radius 1 is 1.17 bits per heavy atom. The predicted octanol–water partition coefficient (Wildman–Crippen LogP) is 3.05. The molecule has 0 radical (unpaired) electrons. The summed E-state index contributed by atoms with van der Waals surface area (Å²) in [7, 11) is 1.63. The minimum Gasteiger partial charge on any atom is -0.497 e. The molecule has 2 rings (SSSR count). The number of amides is 1. The molecule has 1 amide bonds. The molecule has 1 aromatic carbocycles. The topological polar surface area (TPSA) is 51.7 Å². The van der Waals surface area contributed by atoms with Gasteiger partial charge in [0.2, 0.25) is 0 Å². The van der Waals surface area contributed by atoms with Gasteiger partial charge in [-0.15, -0.1) is 0 Å². The van der Waals surface area contributed by atoms with Crippen LogP contribution < -0.4 is 9.64 Å². The minimum atomic E-state index is -0.494. The molecule has 0 aliphatic carbocycles. The molecule has 0 spiro atoms. The van der Waals surface area contributed by atoms with E-state index in [2.05, 4.69) is 4.98 Å². The maximum absolute atomic E-state index is 12.7. The molecule has 1 aromatic heterocycles. The molecule has 2 aromatic rings. The number of carbonyl (C=O) groups excluding carboxylic acids is 1. The van der Waals surface area contributed by atoms with E-state index in [0.29, 0.717) is 13.2 Å². The molecule has 0 bridgehead atoms. The third-order valence-corrected chi connectivity index (χ3v) is 3.50. The number of nitrogens with zero attached hydrogens (tertiary/aromatic N) is 2. The van der Waals surface area contributed by atoms with Crippen molar-refractivity contribution in [2.45, 2.75) is 26.5 Å². The van der Waals surface area contributed by atoms with E-state index < -0.39 is 6.10 Å². The first-order chi connectivity index (χ1) is 11.2. The van der Waals surface area contributed by atoms with Crippen LogP contribution in [0.25, 0.3) is 0 Å². The van der Waals surface area contributed by atoms with Crippen LogP contribution in [-0.2, 0) is 16.1 Å². The third kappa shape index (κ3) is 4.53. The number of hydrogen-bond acceptors (Lipinski definition) is 4. The summed E-state index contributed by atoms with van der Waals surface area (Å²) in [5.41, 5.74) is 1.81. The number of hydrogen-bond donors (Lipinski definition) is 0. The molecular weight excluding hydrogens is 292 g/mol. The zero-order valence-electron chi connectivity index (χ0n) is 13.7. The molecule has 0 aliphatic rings. The number of benzene rings is 1. The van der Waals surface area contributed by atoms with Crippen molar-refractivity contribution in [2.75, 3.05) is 18.6 Å². The van der Waals surface area contributed by atoms with E-state index in [1.165, 1.54) is 0 Å². The number of ether oxygens (including phenoxy) is 2. The van der Waals surface area contributed by atoms with E-state index in [-0.39, 0.29) is 5.91 Å². The molecule has 0 aliphatic heterocycles. The second-order valence-electron chi connectivity index (χ2n) is 5.08. The first kappa shape index (κ1) is 17.0. The second-order valence-corrected chi connectivity index (χ2v) is 5.08. The Kier molecular flexibility index (Phi) is 6.11. The number of rotatable bonds is 7. The van der Waals surface area contributed by atoms with Gasteiger partial charge in [0.05, 0.1) is 13.7 Å². The smallest absolute Gasteiger partial charge is 0.256 e. The van der Waals surface area contributed by atoms with Crippen LogP contribution in [0.3, 0.4) is 0 Å². The van der Waals surface area contributed by atoms with Crippen molar-refractivity contribution >= 4 is 11.6 Å². The Hall–Kier alpha value is -2.40. The van der Waals surface area contributed by atoms with Crippen molar-refractivity contribution < 1.29 is 14.3 Å². The van der Waals surface area contributed by atoms with Gasteiger partial charge in [0.1, 0.15) is 11.9 Å². The lowest BCUT2D eigenvalue weighted by molar-refractivity contribution is -0.128. The largest absolute Gasteiger partial charge is 0.497 e. The molecule has 122 valence electrons. The molecule has 0 saturated carbocycles. The van der Waals surface area contributed by atoms with Crippen LogP contribution in [0, 0.1) is 0 Å². The molecule has 0 fully saturated rings. The van der Waals surface area contributed by atoms with E-state index in [0.717, 1.165) is 17.0 Å². The normalized spacial score (nSPS) is 11.8. The average Bonchev–Trinajstić information content (AvgIpc) is 2.60. The van der Waals surface area contributed by atoms with Gasteiger partial charge in [-0.1, -0.05) is 12.1 Å². The monoisotopic (exact) mass is 314 g/mol. The van der Waals surface area contributed by atoms with Gasteiger partial charge in [-0.05, 0) is 43.7 Å². The predicted molar refractivity (Wildman–Crippen MR) is 89.5 cm³/mol. The Morgan fingerprint density at radius 2 is 1.83 bits per heavy atom. The average molecular weight is 314 g/mol. The van der Waals surface area contributed by atoms with Gasteiger partial charge in [0.25, 0.3) is 5.91 Å². The molecule has 0 N–H and O–H groups in total. The third-order valence-electron chi connectivity index (χ3n) is 3.50. The summed E-state index contributed by atoms with van der Waals surface area (Å²) in [6.07, 6.45) is 2.86. The summed E-state index contributed by atoms with van der Waals surface area (Å²) < 4.78 is 10.6. The Bertz CT molecular complexity index is 614. The first-order valence-corrected chi connectivity index (χ1v) is 7.61. The molecule has 1 atom stereocenters. The van der Waals surface area contributed by atoms with Gasteiger partial charge < -0.3 is 14.4 Å². The number of anilines is 1. The fraction of sp³-hybridized carbons (Fsp3) is 0.333. The highest BCUT2D eigenvalue weighted by atomic mass is 16.5. The Balaban J connectivity index is 2.24. The van der Waals surface area contributed by atoms with E-state index in [1.54, 1.807) is 31.3 Å². The molecule has 0 unspecified atom stereocenters.